The molecule has 2 rings (SSSR count). The number of carbonyl (C=O) groups excluding carboxylic acids is 1. The van der Waals surface area contributed by atoms with Gasteiger partial charge in [0.15, 0.2) is 5.96 Å². The number of amides is 1. The zero-order valence-corrected chi connectivity index (χ0v) is 22.7. The lowest BCUT2D eigenvalue weighted by Crippen LogP contribution is -2.46. The highest BCUT2D eigenvalue weighted by molar-refractivity contribution is 14.0. The molecular formula is C24H42IN5O2. The smallest absolute Gasteiger partial charge is 0.243 e. The topological polar surface area (TPSA) is 69.2 Å². The summed E-state index contributed by atoms with van der Waals surface area (Å²) < 4.78 is 5.96. The van der Waals surface area contributed by atoms with E-state index in [0.29, 0.717) is 12.1 Å². The van der Waals surface area contributed by atoms with Crippen LogP contribution in [0.15, 0.2) is 35.3 Å². The van der Waals surface area contributed by atoms with Crippen LogP contribution in [0.1, 0.15) is 46.0 Å². The van der Waals surface area contributed by atoms with E-state index >= 15 is 0 Å². The first-order valence-corrected chi connectivity index (χ1v) is 11.5. The maximum Gasteiger partial charge on any atom is 0.243 e. The molecule has 2 N–H and O–H groups in total. The van der Waals surface area contributed by atoms with E-state index in [0.717, 1.165) is 51.2 Å². The average molecular weight is 560 g/mol. The highest BCUT2D eigenvalue weighted by atomic mass is 127. The van der Waals surface area contributed by atoms with Gasteiger partial charge in [-0.25, -0.2) is 4.99 Å². The van der Waals surface area contributed by atoms with Crippen molar-refractivity contribution < 1.29 is 9.53 Å². The van der Waals surface area contributed by atoms with Crippen LogP contribution in [0.5, 0.6) is 0 Å². The third kappa shape index (κ3) is 10.8. The summed E-state index contributed by atoms with van der Waals surface area (Å²) in [5, 5.41) is 6.96. The number of carbonyl (C=O) groups is 1. The predicted molar refractivity (Wildman–Crippen MR) is 144 cm³/mol. The fourth-order valence-electron chi connectivity index (χ4n) is 3.70. The summed E-state index contributed by atoms with van der Waals surface area (Å²) in [4.78, 5) is 20.4. The molecule has 1 aromatic rings. The Morgan fingerprint density at radius 1 is 1.12 bits per heavy atom. The van der Waals surface area contributed by atoms with E-state index in [9.17, 15) is 4.79 Å². The second-order valence-electron chi connectivity index (χ2n) is 8.79. The van der Waals surface area contributed by atoms with Crippen LogP contribution >= 0.6 is 24.0 Å². The Labute approximate surface area is 211 Å². The number of para-hydroxylation sites is 1. The van der Waals surface area contributed by atoms with E-state index < -0.39 is 0 Å². The standard InChI is InChI=1S/C24H41N5O2.HI/c1-19(2)31-22-14-12-20(13-15-22)27-24(26-18-23(30)28(3)4)25-16-9-17-29(5)21-10-7-6-8-11-21;/h6-8,10-11,19-20,22H,9,12-18H2,1-5H3,(H2,25,26,27);1H. The normalized spacial score (nSPS) is 18.6. The maximum absolute atomic E-state index is 12.0. The Bertz CT molecular complexity index is 676. The van der Waals surface area contributed by atoms with Crippen LogP contribution in [0.25, 0.3) is 0 Å². The van der Waals surface area contributed by atoms with Gasteiger partial charge in [-0.05, 0) is 58.1 Å². The number of anilines is 1. The highest BCUT2D eigenvalue weighted by Crippen LogP contribution is 2.22. The van der Waals surface area contributed by atoms with E-state index in [2.05, 4.69) is 65.7 Å². The van der Waals surface area contributed by atoms with E-state index in [1.165, 1.54) is 5.69 Å². The van der Waals surface area contributed by atoms with Gasteiger partial charge in [-0.1, -0.05) is 18.2 Å². The summed E-state index contributed by atoms with van der Waals surface area (Å²) in [5.74, 6) is 0.727. The number of nitrogens with one attached hydrogen (secondary N) is 2. The fourth-order valence-corrected chi connectivity index (χ4v) is 3.70. The lowest BCUT2D eigenvalue weighted by atomic mass is 9.93. The minimum Gasteiger partial charge on any atom is -0.376 e. The largest absolute Gasteiger partial charge is 0.376 e. The quantitative estimate of drug-likeness (QED) is 0.199. The van der Waals surface area contributed by atoms with E-state index in [-0.39, 0.29) is 42.5 Å². The summed E-state index contributed by atoms with van der Waals surface area (Å²) in [6.45, 7) is 6.08. The van der Waals surface area contributed by atoms with Gasteiger partial charge in [0, 0.05) is 46.0 Å². The number of likely N-dealkylation sites (N-methyl/N-ethyl adjacent to an activating group) is 1. The van der Waals surface area contributed by atoms with Crippen LogP contribution in [0.2, 0.25) is 0 Å². The van der Waals surface area contributed by atoms with Crippen molar-refractivity contribution in [3.63, 3.8) is 0 Å². The summed E-state index contributed by atoms with van der Waals surface area (Å²) in [5.41, 5.74) is 1.21. The van der Waals surface area contributed by atoms with Crippen molar-refractivity contribution in [1.82, 2.24) is 15.5 Å². The van der Waals surface area contributed by atoms with Crippen molar-refractivity contribution in [2.24, 2.45) is 4.99 Å². The number of benzene rings is 1. The van der Waals surface area contributed by atoms with Crippen molar-refractivity contribution >= 4 is 41.5 Å². The number of hydrogen-bond donors (Lipinski definition) is 2. The molecule has 1 saturated carbocycles. The van der Waals surface area contributed by atoms with Gasteiger partial charge in [-0.2, -0.15) is 0 Å². The van der Waals surface area contributed by atoms with Crippen molar-refractivity contribution in [2.75, 3.05) is 45.7 Å². The Morgan fingerprint density at radius 3 is 2.38 bits per heavy atom. The highest BCUT2D eigenvalue weighted by Gasteiger charge is 2.23. The van der Waals surface area contributed by atoms with E-state index in [1.807, 2.05) is 6.07 Å². The number of ether oxygens (including phenoxy) is 1. The van der Waals surface area contributed by atoms with Crippen molar-refractivity contribution in [3.05, 3.63) is 30.3 Å². The molecule has 0 unspecified atom stereocenters. The Kier molecular flexibility index (Phi) is 13.6. The lowest BCUT2D eigenvalue weighted by Gasteiger charge is -2.31. The number of guanidine groups is 1. The Balaban J connectivity index is 0.00000512. The van der Waals surface area contributed by atoms with Gasteiger partial charge in [-0.3, -0.25) is 4.79 Å². The molecule has 7 nitrogen and oxygen atoms in total. The summed E-state index contributed by atoms with van der Waals surface area (Å²) in [7, 11) is 5.62. The number of aliphatic imine (C=N–C) groups is 1. The first kappa shape index (κ1) is 28.5. The molecule has 0 saturated heterocycles. The van der Waals surface area contributed by atoms with Crippen LogP contribution in [0.4, 0.5) is 5.69 Å². The molecule has 182 valence electrons. The van der Waals surface area contributed by atoms with Gasteiger partial charge in [0.2, 0.25) is 5.91 Å². The monoisotopic (exact) mass is 559 g/mol. The van der Waals surface area contributed by atoms with E-state index in [4.69, 9.17) is 4.74 Å². The molecule has 1 aliphatic carbocycles. The predicted octanol–water partition coefficient (Wildman–Crippen LogP) is 3.49. The summed E-state index contributed by atoms with van der Waals surface area (Å²) in [6.07, 6.45) is 5.83. The van der Waals surface area contributed by atoms with Gasteiger partial charge < -0.3 is 25.2 Å². The SMILES string of the molecule is CC(C)OC1CCC(NC(=NCC(=O)N(C)C)NCCCN(C)c2ccccc2)CC1.I. The molecule has 0 atom stereocenters. The second kappa shape index (κ2) is 15.3. The van der Waals surface area contributed by atoms with Crippen LogP contribution in [0.3, 0.4) is 0 Å². The van der Waals surface area contributed by atoms with Crippen molar-refractivity contribution in [3.8, 4) is 0 Å². The molecule has 1 aromatic carbocycles. The Morgan fingerprint density at radius 2 is 1.78 bits per heavy atom. The molecule has 32 heavy (non-hydrogen) atoms. The number of hydrogen-bond acceptors (Lipinski definition) is 4. The molecule has 0 aromatic heterocycles. The van der Waals surface area contributed by atoms with Gasteiger partial charge in [0.1, 0.15) is 6.54 Å². The second-order valence-corrected chi connectivity index (χ2v) is 8.79. The first-order chi connectivity index (χ1) is 14.8. The molecule has 0 bridgehead atoms. The van der Waals surface area contributed by atoms with E-state index in [1.54, 1.807) is 19.0 Å². The van der Waals surface area contributed by atoms with Gasteiger partial charge in [0.25, 0.3) is 0 Å². The maximum atomic E-state index is 12.0. The number of halogens is 1. The van der Waals surface area contributed by atoms with Crippen molar-refractivity contribution in [2.45, 2.75) is 64.2 Å². The third-order valence-electron chi connectivity index (χ3n) is 5.51. The molecule has 1 amide bonds. The molecule has 1 aliphatic rings. The van der Waals surface area contributed by atoms with Crippen LogP contribution < -0.4 is 15.5 Å². The number of rotatable bonds is 10. The van der Waals surface area contributed by atoms with Gasteiger partial charge in [-0.15, -0.1) is 24.0 Å². The lowest BCUT2D eigenvalue weighted by molar-refractivity contribution is -0.127. The van der Waals surface area contributed by atoms with Crippen LogP contribution in [-0.4, -0.2) is 75.8 Å². The first-order valence-electron chi connectivity index (χ1n) is 11.5. The molecule has 8 heteroatoms. The average Bonchev–Trinajstić information content (AvgIpc) is 2.75. The Hall–Kier alpha value is -1.55. The molecule has 0 spiro atoms. The van der Waals surface area contributed by atoms with Crippen molar-refractivity contribution in [1.29, 1.82) is 0 Å². The molecule has 1 fully saturated rings. The van der Waals surface area contributed by atoms with Gasteiger partial charge >= 0.3 is 0 Å². The minimum atomic E-state index is -0.000970. The third-order valence-corrected chi connectivity index (χ3v) is 5.51. The fraction of sp³-hybridized carbons (Fsp3) is 0.667. The summed E-state index contributed by atoms with van der Waals surface area (Å²) in [6, 6.07) is 10.7. The van der Waals surface area contributed by atoms with Gasteiger partial charge in [0.05, 0.1) is 12.2 Å². The zero-order valence-electron chi connectivity index (χ0n) is 20.3. The minimum absolute atomic E-state index is 0. The molecule has 0 aliphatic heterocycles. The zero-order chi connectivity index (χ0) is 22.6. The number of nitrogens with zero attached hydrogens (tertiary/aromatic N) is 3. The molecule has 0 heterocycles. The van der Waals surface area contributed by atoms with Crippen LogP contribution in [0, 0.1) is 0 Å². The molecular weight excluding hydrogens is 517 g/mol. The molecule has 0 radical (unpaired) electrons. The van der Waals surface area contributed by atoms with Crippen LogP contribution in [-0.2, 0) is 9.53 Å². The summed E-state index contributed by atoms with van der Waals surface area (Å²) >= 11 is 0.